The Kier molecular flexibility index (Phi) is 40.2. The Morgan fingerprint density at radius 2 is 1.07 bits per heavy atom. The number of halogens is 1. The highest BCUT2D eigenvalue weighted by Crippen LogP contribution is 2.43. The summed E-state index contributed by atoms with van der Waals surface area (Å²) in [4.78, 5) is 68.3. The summed E-state index contributed by atoms with van der Waals surface area (Å²) in [6.45, 7) is 23.4. The van der Waals surface area contributed by atoms with Gasteiger partial charge in [0.25, 0.3) is 0 Å². The van der Waals surface area contributed by atoms with Crippen LogP contribution in [0.4, 0.5) is 0 Å². The molecule has 13 heterocycles. The Morgan fingerprint density at radius 1 is 0.617 bits per heavy atom. The third-order valence-electron chi connectivity index (χ3n) is 22.2. The minimum atomic E-state index is -0.732. The maximum Gasteiger partial charge on any atom is 0.327 e. The number of fused-ring (bicyclic) bond motifs is 8. The Hall–Kier alpha value is -6.38. The van der Waals surface area contributed by atoms with Gasteiger partial charge in [-0.2, -0.15) is 0 Å². The number of carbonyl (C=O) groups is 4. The molecule has 5 N–H and O–H groups in total. The van der Waals surface area contributed by atoms with E-state index in [1.54, 1.807) is 20.8 Å². The number of rotatable bonds is 20. The second kappa shape index (κ2) is 49.0. The fourth-order valence-corrected chi connectivity index (χ4v) is 16.6. The van der Waals surface area contributed by atoms with Crippen molar-refractivity contribution in [2.45, 2.75) is 166 Å². The normalized spacial score (nSPS) is 25.5. The summed E-state index contributed by atoms with van der Waals surface area (Å²) >= 11 is 3.46. The van der Waals surface area contributed by atoms with Crippen molar-refractivity contribution in [1.29, 1.82) is 5.41 Å². The number of aliphatic imine (C=N–C) groups is 1. The number of hydrogen-bond donors (Lipinski definition) is 4. The molecule has 592 valence electrons. The first kappa shape index (κ1) is 87.8. The van der Waals surface area contributed by atoms with Crippen molar-refractivity contribution in [1.82, 2.24) is 20.0 Å². The molecular weight excluding hydrogens is 1420 g/mol. The van der Waals surface area contributed by atoms with Crippen LogP contribution in [0.3, 0.4) is 0 Å². The van der Waals surface area contributed by atoms with Gasteiger partial charge in [0, 0.05) is 86.1 Å². The Labute approximate surface area is 645 Å². The number of nitrogens with one attached hydrogen (secondary N) is 2. The van der Waals surface area contributed by atoms with Gasteiger partial charge in [0.1, 0.15) is 24.2 Å². The zero-order valence-corrected chi connectivity index (χ0v) is 66.0. The van der Waals surface area contributed by atoms with Gasteiger partial charge in [0.15, 0.2) is 0 Å². The van der Waals surface area contributed by atoms with Crippen LogP contribution in [-0.2, 0) is 52.3 Å². The lowest BCUT2D eigenvalue weighted by Crippen LogP contribution is -2.63. The molecule has 0 aromatic heterocycles. The SMILES string of the molecule is BrCC1CCOCC1.C1CC2(CN1)CC1CCN2CC1.CCOC(=O)C(N)CC1CCOCC1.CCOC(=O)C1(CC[N+](=O)[O-])CC2CCN1CC2.CCOC(=O)C1CC2CCN1CC2.CCOC(=O)CN=C(c1ccccc1)c1ccccc1.N=C(c1ccccc1)c1ccccc1.OCC1CCOCC1. The van der Waals surface area contributed by atoms with Crippen molar-refractivity contribution in [3.63, 3.8) is 0 Å². The van der Waals surface area contributed by atoms with Gasteiger partial charge in [0.2, 0.25) is 6.54 Å². The summed E-state index contributed by atoms with van der Waals surface area (Å²) in [6, 6.07) is 38.8. The third-order valence-corrected chi connectivity index (χ3v) is 23.1. The molecule has 0 aliphatic carbocycles. The number of alkyl halides is 1. The van der Waals surface area contributed by atoms with E-state index in [9.17, 15) is 29.3 Å². The van der Waals surface area contributed by atoms with Gasteiger partial charge in [0.05, 0.1) is 37.9 Å². The molecule has 22 nitrogen and oxygen atoms in total. The molecule has 4 aromatic rings. The number of ether oxygens (including phenoxy) is 7. The van der Waals surface area contributed by atoms with Gasteiger partial charge in [-0.1, -0.05) is 137 Å². The van der Waals surface area contributed by atoms with Crippen molar-refractivity contribution in [2.24, 2.45) is 46.2 Å². The number of aliphatic hydroxyl groups is 1. The fraction of sp³-hybridized carbons (Fsp3) is 0.643. The van der Waals surface area contributed by atoms with E-state index in [1.165, 1.54) is 77.5 Å². The highest BCUT2D eigenvalue weighted by Gasteiger charge is 2.53. The molecule has 13 saturated heterocycles. The summed E-state index contributed by atoms with van der Waals surface area (Å²) < 4.78 is 35.5. The number of carbonyl (C=O) groups excluding carboxylic acids is 4. The average Bonchev–Trinajstić information content (AvgIpc) is 1.63. The summed E-state index contributed by atoms with van der Waals surface area (Å²) in [7, 11) is 0. The highest BCUT2D eigenvalue weighted by molar-refractivity contribution is 9.09. The molecular formula is C84H125BrN8O14. The van der Waals surface area contributed by atoms with E-state index in [4.69, 9.17) is 49.4 Å². The number of nitrogens with zero attached hydrogens (tertiary/aromatic N) is 5. The molecule has 6 bridgehead atoms. The number of aliphatic hydroxyl groups excluding tert-OH is 1. The van der Waals surface area contributed by atoms with E-state index >= 15 is 0 Å². The summed E-state index contributed by atoms with van der Waals surface area (Å²) in [5, 5.41) is 31.9. The number of hydrogen-bond acceptors (Lipinski definition) is 21. The molecule has 17 rings (SSSR count). The number of esters is 4. The van der Waals surface area contributed by atoms with Crippen LogP contribution in [-0.4, -0.2) is 227 Å². The molecule has 4 atom stereocenters. The Balaban J connectivity index is 0.000000173. The standard InChI is InChI=1S/C17H17NO2.C13H11N.C12H20N2O4.C10H18N2.C10H19NO3.C10H17NO2.C6H11BrO.C6H12O2/c1-2-20-16(19)13-18-17(14-9-5-3-6-10-14)15-11-7-4-8-12-15;14-13(11-7-3-1-4-8-11)12-9-5-2-6-10-12;1-2-18-11(15)12(5-8-14(16)17)9-10-3-6-13(12)7-4-10;1-5-12-6-2-9(1)7-10(12)3-4-11-8-10;1-2-14-10(12)9(11)7-8-3-5-13-6-4-8;1-2-13-10(12)9-7-8-3-5-11(9)6-4-8;2*7-5-6-1-3-8-4-2-6/h3-12H,2,13H2,1H3;1-10,14H;10H,2-9H2,1H3;9,11H,1-8H2;8-9H,2-7,11H2,1H3;8-9H,2-7H2,1H3;6H,1-5H2;6-7H,1-5H2. The zero-order valence-electron chi connectivity index (χ0n) is 64.4. The topological polar surface area (TPSA) is 280 Å². The molecule has 4 unspecified atom stereocenters. The molecule has 107 heavy (non-hydrogen) atoms. The van der Waals surface area contributed by atoms with Crippen LogP contribution in [0.15, 0.2) is 126 Å². The second-order valence-electron chi connectivity index (χ2n) is 29.4. The lowest BCUT2D eigenvalue weighted by molar-refractivity contribution is -0.482. The van der Waals surface area contributed by atoms with E-state index in [-0.39, 0.29) is 54.4 Å². The van der Waals surface area contributed by atoms with Gasteiger partial charge < -0.3 is 49.3 Å². The first-order valence-corrected chi connectivity index (χ1v) is 40.9. The quantitative estimate of drug-likeness (QED) is 0.0160. The first-order valence-electron chi connectivity index (χ1n) is 39.8. The van der Waals surface area contributed by atoms with Gasteiger partial charge in [-0.3, -0.25) is 54.4 Å². The molecule has 1 spiro atoms. The van der Waals surface area contributed by atoms with Gasteiger partial charge in [-0.25, -0.2) is 0 Å². The minimum absolute atomic E-state index is 0.00750. The van der Waals surface area contributed by atoms with E-state index in [0.717, 1.165) is 175 Å². The Morgan fingerprint density at radius 3 is 1.46 bits per heavy atom. The largest absolute Gasteiger partial charge is 0.465 e. The van der Waals surface area contributed by atoms with Crippen LogP contribution in [0.2, 0.25) is 0 Å². The summed E-state index contributed by atoms with van der Waals surface area (Å²) in [5.41, 5.74) is 10.9. The fourth-order valence-electron chi connectivity index (χ4n) is 16.0. The van der Waals surface area contributed by atoms with Gasteiger partial charge in [-0.15, -0.1) is 0 Å². The molecule has 0 saturated carbocycles. The number of piperidine rings is 9. The van der Waals surface area contributed by atoms with Crippen LogP contribution >= 0.6 is 15.9 Å². The van der Waals surface area contributed by atoms with Crippen molar-refractivity contribution in [3.8, 4) is 0 Å². The van der Waals surface area contributed by atoms with Crippen molar-refractivity contribution >= 4 is 51.2 Å². The van der Waals surface area contributed by atoms with Crippen LogP contribution in [0, 0.1) is 51.0 Å². The minimum Gasteiger partial charge on any atom is -0.465 e. The van der Waals surface area contributed by atoms with E-state index in [1.807, 2.05) is 128 Å². The molecule has 13 aliphatic heterocycles. The highest BCUT2D eigenvalue weighted by atomic mass is 79.9. The first-order chi connectivity index (χ1) is 52.1. The van der Waals surface area contributed by atoms with Gasteiger partial charge in [-0.05, 0) is 229 Å². The van der Waals surface area contributed by atoms with Crippen molar-refractivity contribution in [2.75, 3.05) is 143 Å². The van der Waals surface area contributed by atoms with E-state index in [2.05, 4.69) is 40.9 Å². The van der Waals surface area contributed by atoms with E-state index in [0.29, 0.717) is 62.0 Å². The molecule has 23 heteroatoms. The molecule has 13 fully saturated rings. The van der Waals surface area contributed by atoms with Gasteiger partial charge >= 0.3 is 23.9 Å². The van der Waals surface area contributed by atoms with Crippen LogP contribution in [0.25, 0.3) is 0 Å². The maximum absolute atomic E-state index is 12.2. The molecule has 0 amide bonds. The van der Waals surface area contributed by atoms with Crippen LogP contribution in [0.1, 0.15) is 166 Å². The monoisotopic (exact) mass is 1550 g/mol. The molecule has 4 aromatic carbocycles. The van der Waals surface area contributed by atoms with Crippen LogP contribution < -0.4 is 11.1 Å². The predicted molar refractivity (Wildman–Crippen MR) is 423 cm³/mol. The summed E-state index contributed by atoms with van der Waals surface area (Å²) in [6.07, 6.45) is 19.9. The predicted octanol–water partition coefficient (Wildman–Crippen LogP) is 12.0. The van der Waals surface area contributed by atoms with Crippen molar-refractivity contribution in [3.05, 3.63) is 154 Å². The lowest BCUT2D eigenvalue weighted by atomic mass is 9.73. The maximum atomic E-state index is 12.2. The molecule has 0 radical (unpaired) electrons. The third kappa shape index (κ3) is 29.4. The van der Waals surface area contributed by atoms with Crippen LogP contribution in [0.5, 0.6) is 0 Å². The number of nitrogens with two attached hydrogens (primary N) is 1. The molecule has 13 aliphatic rings. The lowest BCUT2D eigenvalue weighted by Gasteiger charge is -2.52. The zero-order chi connectivity index (χ0) is 76.5. The summed E-state index contributed by atoms with van der Waals surface area (Å²) in [5.74, 6) is 3.41. The van der Waals surface area contributed by atoms with E-state index < -0.39 is 11.6 Å². The number of nitro groups is 1. The second-order valence-corrected chi connectivity index (χ2v) is 30.0. The van der Waals surface area contributed by atoms with Crippen molar-refractivity contribution < 1.29 is 62.4 Å². The Bertz CT molecular complexity index is 3090. The average molecular weight is 1550 g/mol. The number of benzene rings is 4. The smallest absolute Gasteiger partial charge is 0.327 e.